The number of methoxy groups -OCH3 is 2. The molecule has 0 aromatic heterocycles. The minimum Gasteiger partial charge on any atom is -0.495 e. The highest BCUT2D eigenvalue weighted by Crippen LogP contribution is 2.29. The molecule has 22 heavy (non-hydrogen) atoms. The molecule has 1 aliphatic heterocycles. The van der Waals surface area contributed by atoms with Crippen molar-refractivity contribution >= 4 is 5.69 Å². The second kappa shape index (κ2) is 9.66. The van der Waals surface area contributed by atoms with Crippen molar-refractivity contribution in [3.8, 4) is 5.75 Å². The summed E-state index contributed by atoms with van der Waals surface area (Å²) in [5.41, 5.74) is 2.46. The van der Waals surface area contributed by atoms with Crippen LogP contribution in [0.4, 0.5) is 5.69 Å². The van der Waals surface area contributed by atoms with Crippen molar-refractivity contribution in [2.45, 2.75) is 19.4 Å². The SMILES string of the molecule is COCCCNCc1ccc(N2CCCNCC2)c(OC)c1. The predicted molar refractivity (Wildman–Crippen MR) is 90.9 cm³/mol. The van der Waals surface area contributed by atoms with Crippen LogP contribution in [0.3, 0.4) is 0 Å². The van der Waals surface area contributed by atoms with E-state index >= 15 is 0 Å². The lowest BCUT2D eigenvalue weighted by Crippen LogP contribution is -2.28. The van der Waals surface area contributed by atoms with Gasteiger partial charge >= 0.3 is 0 Å². The maximum atomic E-state index is 5.62. The van der Waals surface area contributed by atoms with Crippen molar-refractivity contribution in [1.29, 1.82) is 0 Å². The summed E-state index contributed by atoms with van der Waals surface area (Å²) >= 11 is 0. The molecule has 0 radical (unpaired) electrons. The van der Waals surface area contributed by atoms with Gasteiger partial charge in [-0.3, -0.25) is 0 Å². The van der Waals surface area contributed by atoms with Crippen LogP contribution in [0.25, 0.3) is 0 Å². The predicted octanol–water partition coefficient (Wildman–Crippen LogP) is 1.62. The molecule has 1 saturated heterocycles. The fourth-order valence-electron chi connectivity index (χ4n) is 2.75. The number of ether oxygens (including phenoxy) is 2. The average molecular weight is 307 g/mol. The van der Waals surface area contributed by atoms with Crippen molar-refractivity contribution in [1.82, 2.24) is 10.6 Å². The first kappa shape index (κ1) is 17.1. The molecule has 5 heteroatoms. The number of hydrogen-bond donors (Lipinski definition) is 2. The minimum atomic E-state index is 0.804. The van der Waals surface area contributed by atoms with Gasteiger partial charge in [0, 0.05) is 39.9 Å². The highest BCUT2D eigenvalue weighted by atomic mass is 16.5. The van der Waals surface area contributed by atoms with Gasteiger partial charge in [0.15, 0.2) is 0 Å². The maximum Gasteiger partial charge on any atom is 0.142 e. The second-order valence-corrected chi connectivity index (χ2v) is 5.62. The second-order valence-electron chi connectivity index (χ2n) is 5.62. The lowest BCUT2D eigenvalue weighted by molar-refractivity contribution is 0.194. The zero-order valence-electron chi connectivity index (χ0n) is 13.9. The number of benzene rings is 1. The van der Waals surface area contributed by atoms with E-state index in [0.29, 0.717) is 0 Å². The molecule has 0 saturated carbocycles. The van der Waals surface area contributed by atoms with Gasteiger partial charge in [-0.2, -0.15) is 0 Å². The third-order valence-electron chi connectivity index (χ3n) is 3.96. The fraction of sp³-hybridized carbons (Fsp3) is 0.647. The summed E-state index contributed by atoms with van der Waals surface area (Å²) in [6.07, 6.45) is 2.21. The van der Waals surface area contributed by atoms with Gasteiger partial charge in [0.1, 0.15) is 5.75 Å². The summed E-state index contributed by atoms with van der Waals surface area (Å²) in [7, 11) is 3.49. The Balaban J connectivity index is 1.94. The van der Waals surface area contributed by atoms with Crippen molar-refractivity contribution in [3.05, 3.63) is 23.8 Å². The molecule has 0 atom stereocenters. The maximum absolute atomic E-state index is 5.62. The van der Waals surface area contributed by atoms with E-state index in [-0.39, 0.29) is 0 Å². The van der Waals surface area contributed by atoms with Gasteiger partial charge in [-0.25, -0.2) is 0 Å². The Morgan fingerprint density at radius 3 is 2.95 bits per heavy atom. The topological polar surface area (TPSA) is 45.8 Å². The highest BCUT2D eigenvalue weighted by Gasteiger charge is 2.14. The molecule has 2 rings (SSSR count). The Morgan fingerprint density at radius 1 is 1.23 bits per heavy atom. The Hall–Kier alpha value is -1.30. The first-order chi connectivity index (χ1) is 10.8. The number of nitrogens with one attached hydrogen (secondary N) is 2. The lowest BCUT2D eigenvalue weighted by atomic mass is 10.1. The van der Waals surface area contributed by atoms with Crippen LogP contribution in [-0.2, 0) is 11.3 Å². The van der Waals surface area contributed by atoms with Crippen LogP contribution >= 0.6 is 0 Å². The summed E-state index contributed by atoms with van der Waals surface area (Å²) in [5.74, 6) is 0.970. The summed E-state index contributed by atoms with van der Waals surface area (Å²) in [4.78, 5) is 2.41. The van der Waals surface area contributed by atoms with Gasteiger partial charge in [-0.05, 0) is 43.6 Å². The van der Waals surface area contributed by atoms with E-state index in [9.17, 15) is 0 Å². The fourth-order valence-corrected chi connectivity index (χ4v) is 2.75. The van der Waals surface area contributed by atoms with Gasteiger partial charge in [0.25, 0.3) is 0 Å². The minimum absolute atomic E-state index is 0.804. The summed E-state index contributed by atoms with van der Waals surface area (Å²) in [6.45, 7) is 6.88. The first-order valence-electron chi connectivity index (χ1n) is 8.17. The molecule has 1 aromatic rings. The summed E-state index contributed by atoms with van der Waals surface area (Å²) in [5, 5.41) is 6.88. The smallest absolute Gasteiger partial charge is 0.142 e. The Labute approximate surface area is 134 Å². The standard InChI is InChI=1S/C17H29N3O2/c1-21-12-4-8-19-14-15-5-6-16(17(13-15)22-2)20-10-3-7-18-9-11-20/h5-6,13,18-19H,3-4,7-12,14H2,1-2H3. The van der Waals surface area contributed by atoms with Crippen molar-refractivity contribution in [2.24, 2.45) is 0 Å². The van der Waals surface area contributed by atoms with E-state index in [0.717, 1.165) is 58.0 Å². The molecule has 124 valence electrons. The van der Waals surface area contributed by atoms with Crippen LogP contribution < -0.4 is 20.3 Å². The molecule has 5 nitrogen and oxygen atoms in total. The summed E-state index contributed by atoms with van der Waals surface area (Å²) < 4.78 is 10.7. The number of hydrogen-bond acceptors (Lipinski definition) is 5. The van der Waals surface area contributed by atoms with Gasteiger partial charge < -0.3 is 25.0 Å². The van der Waals surface area contributed by atoms with Crippen LogP contribution in [0, 0.1) is 0 Å². The van der Waals surface area contributed by atoms with Crippen LogP contribution in [0.5, 0.6) is 5.75 Å². The molecule has 0 spiro atoms. The van der Waals surface area contributed by atoms with Gasteiger partial charge in [0.2, 0.25) is 0 Å². The highest BCUT2D eigenvalue weighted by molar-refractivity contribution is 5.60. The Kier molecular flexibility index (Phi) is 7.49. The van der Waals surface area contributed by atoms with E-state index in [4.69, 9.17) is 9.47 Å². The molecular weight excluding hydrogens is 278 g/mol. The van der Waals surface area contributed by atoms with Gasteiger partial charge in [0.05, 0.1) is 12.8 Å². The number of nitrogens with zero attached hydrogens (tertiary/aromatic N) is 1. The Bertz CT molecular complexity index is 432. The van der Waals surface area contributed by atoms with Gasteiger partial charge in [-0.15, -0.1) is 0 Å². The van der Waals surface area contributed by atoms with E-state index in [1.165, 1.54) is 17.7 Å². The Morgan fingerprint density at radius 2 is 2.14 bits per heavy atom. The zero-order chi connectivity index (χ0) is 15.6. The quantitative estimate of drug-likeness (QED) is 0.715. The van der Waals surface area contributed by atoms with Gasteiger partial charge in [-0.1, -0.05) is 6.07 Å². The first-order valence-corrected chi connectivity index (χ1v) is 8.17. The van der Waals surface area contributed by atoms with E-state index in [2.05, 4.69) is 33.7 Å². The molecule has 1 heterocycles. The summed E-state index contributed by atoms with van der Waals surface area (Å²) in [6, 6.07) is 6.53. The zero-order valence-corrected chi connectivity index (χ0v) is 13.9. The van der Waals surface area contributed by atoms with Crippen molar-refractivity contribution in [2.75, 3.05) is 58.5 Å². The molecule has 0 aliphatic carbocycles. The van der Waals surface area contributed by atoms with Crippen LogP contribution in [0.2, 0.25) is 0 Å². The average Bonchev–Trinajstić information content (AvgIpc) is 2.83. The third-order valence-corrected chi connectivity index (χ3v) is 3.96. The molecule has 0 unspecified atom stereocenters. The monoisotopic (exact) mass is 307 g/mol. The lowest BCUT2D eigenvalue weighted by Gasteiger charge is -2.25. The number of rotatable bonds is 8. The molecular formula is C17H29N3O2. The van der Waals surface area contributed by atoms with Crippen LogP contribution in [-0.4, -0.2) is 53.6 Å². The normalized spacial score (nSPS) is 15.6. The van der Waals surface area contributed by atoms with Crippen LogP contribution in [0.15, 0.2) is 18.2 Å². The van der Waals surface area contributed by atoms with E-state index in [1.54, 1.807) is 14.2 Å². The van der Waals surface area contributed by atoms with Crippen LogP contribution in [0.1, 0.15) is 18.4 Å². The largest absolute Gasteiger partial charge is 0.495 e. The van der Waals surface area contributed by atoms with Crippen molar-refractivity contribution in [3.63, 3.8) is 0 Å². The third kappa shape index (κ3) is 5.16. The molecule has 0 amide bonds. The molecule has 2 N–H and O–H groups in total. The molecule has 0 bridgehead atoms. The van der Waals surface area contributed by atoms with E-state index in [1.807, 2.05) is 0 Å². The molecule has 1 aliphatic rings. The van der Waals surface area contributed by atoms with E-state index < -0.39 is 0 Å². The van der Waals surface area contributed by atoms with Crippen molar-refractivity contribution < 1.29 is 9.47 Å². The molecule has 1 fully saturated rings. The number of anilines is 1. The molecule has 1 aromatic carbocycles.